The van der Waals surface area contributed by atoms with Crippen LogP contribution >= 0.6 is 27.3 Å². The Morgan fingerprint density at radius 1 is 1.45 bits per heavy atom. The van der Waals surface area contributed by atoms with Crippen molar-refractivity contribution in [3.05, 3.63) is 50.6 Å². The summed E-state index contributed by atoms with van der Waals surface area (Å²) in [6.45, 7) is 2.10. The topological polar surface area (TPSA) is 40.5 Å². The van der Waals surface area contributed by atoms with Crippen LogP contribution in [-0.4, -0.2) is 24.2 Å². The van der Waals surface area contributed by atoms with Gasteiger partial charge in [-0.1, -0.05) is 22.0 Å². The number of likely N-dealkylation sites (N-methyl/N-ethyl adjacent to an activating group) is 1. The number of anilines is 1. The second-order valence-electron chi connectivity index (χ2n) is 4.71. The lowest BCUT2D eigenvalue weighted by atomic mass is 10.1. The molecule has 0 aliphatic rings. The van der Waals surface area contributed by atoms with Crippen LogP contribution < -0.4 is 4.90 Å². The Morgan fingerprint density at radius 2 is 2.20 bits per heavy atom. The smallest absolute Gasteiger partial charge is 0.337 e. The lowest BCUT2D eigenvalue weighted by molar-refractivity contribution is 0.0697. The van der Waals surface area contributed by atoms with Crippen LogP contribution in [0.2, 0.25) is 0 Å². The van der Waals surface area contributed by atoms with E-state index in [1.807, 2.05) is 30.1 Å². The summed E-state index contributed by atoms with van der Waals surface area (Å²) in [4.78, 5) is 14.7. The first kappa shape index (κ1) is 15.1. The molecule has 1 aromatic heterocycles. The van der Waals surface area contributed by atoms with Crippen LogP contribution in [0.25, 0.3) is 0 Å². The van der Waals surface area contributed by atoms with Crippen molar-refractivity contribution in [3.63, 3.8) is 0 Å². The predicted octanol–water partition coefficient (Wildman–Crippen LogP) is 4.28. The molecule has 0 aliphatic carbocycles. The van der Waals surface area contributed by atoms with E-state index >= 15 is 0 Å². The quantitative estimate of drug-likeness (QED) is 0.872. The van der Waals surface area contributed by atoms with Gasteiger partial charge in [0, 0.05) is 28.9 Å². The van der Waals surface area contributed by atoms with Crippen molar-refractivity contribution in [2.75, 3.05) is 11.9 Å². The number of carboxylic acids is 1. The fourth-order valence-electron chi connectivity index (χ4n) is 2.08. The highest BCUT2D eigenvalue weighted by atomic mass is 79.9. The highest BCUT2D eigenvalue weighted by Crippen LogP contribution is 2.26. The zero-order valence-corrected chi connectivity index (χ0v) is 13.7. The van der Waals surface area contributed by atoms with E-state index in [4.69, 9.17) is 0 Å². The molecule has 0 fully saturated rings. The number of carbonyl (C=O) groups is 1. The molecule has 0 radical (unpaired) electrons. The molecule has 106 valence electrons. The molecule has 1 atom stereocenters. The molecule has 0 amide bonds. The number of thiophene rings is 1. The van der Waals surface area contributed by atoms with Gasteiger partial charge in [-0.15, -0.1) is 11.3 Å². The molecule has 0 aliphatic heterocycles. The maximum atomic E-state index is 11.4. The fourth-order valence-corrected chi connectivity index (χ4v) is 3.27. The summed E-state index contributed by atoms with van der Waals surface area (Å²) in [5.41, 5.74) is 1.06. The standard InChI is InChI=1S/C15H16BrNO2S/c1-10(8-12-4-3-7-20-12)17(2)14-6-5-11(16)9-13(14)15(18)19/h3-7,9-10H,8H2,1-2H3,(H,18,19). The normalized spacial score (nSPS) is 12.2. The van der Waals surface area contributed by atoms with E-state index in [1.165, 1.54) is 4.88 Å². The molecule has 0 spiro atoms. The summed E-state index contributed by atoms with van der Waals surface area (Å²) in [6.07, 6.45) is 0.906. The molecule has 1 aromatic carbocycles. The Labute approximate surface area is 131 Å². The molecule has 20 heavy (non-hydrogen) atoms. The zero-order valence-electron chi connectivity index (χ0n) is 11.3. The first-order chi connectivity index (χ1) is 9.49. The molecule has 0 saturated heterocycles. The lowest BCUT2D eigenvalue weighted by Gasteiger charge is -2.28. The van der Waals surface area contributed by atoms with Gasteiger partial charge in [-0.2, -0.15) is 0 Å². The van der Waals surface area contributed by atoms with Crippen LogP contribution in [-0.2, 0) is 6.42 Å². The van der Waals surface area contributed by atoms with E-state index in [1.54, 1.807) is 17.4 Å². The van der Waals surface area contributed by atoms with Gasteiger partial charge >= 0.3 is 5.97 Å². The van der Waals surface area contributed by atoms with Gasteiger partial charge in [0.2, 0.25) is 0 Å². The van der Waals surface area contributed by atoms with Crippen molar-refractivity contribution in [1.29, 1.82) is 0 Å². The van der Waals surface area contributed by atoms with Gasteiger partial charge in [0.15, 0.2) is 0 Å². The minimum atomic E-state index is -0.906. The summed E-state index contributed by atoms with van der Waals surface area (Å²) < 4.78 is 0.776. The highest BCUT2D eigenvalue weighted by Gasteiger charge is 2.18. The third kappa shape index (κ3) is 3.41. The van der Waals surface area contributed by atoms with Gasteiger partial charge < -0.3 is 10.0 Å². The molecular formula is C15H16BrNO2S. The van der Waals surface area contributed by atoms with Crippen LogP contribution in [0.1, 0.15) is 22.2 Å². The summed E-state index contributed by atoms with van der Waals surface area (Å²) in [6, 6.07) is 9.73. The Hall–Kier alpha value is -1.33. The Balaban J connectivity index is 2.24. The SMILES string of the molecule is CC(Cc1cccs1)N(C)c1ccc(Br)cc1C(=O)O. The van der Waals surface area contributed by atoms with Crippen LogP contribution in [0.3, 0.4) is 0 Å². The Bertz CT molecular complexity index is 598. The summed E-state index contributed by atoms with van der Waals surface area (Å²) in [7, 11) is 1.94. The molecule has 1 heterocycles. The number of aromatic carboxylic acids is 1. The second-order valence-corrected chi connectivity index (χ2v) is 6.66. The Kier molecular flexibility index (Phi) is 4.83. The first-order valence-corrected chi connectivity index (χ1v) is 7.94. The number of rotatable bonds is 5. The average molecular weight is 354 g/mol. The predicted molar refractivity (Wildman–Crippen MR) is 87.0 cm³/mol. The molecule has 5 heteroatoms. The third-order valence-electron chi connectivity index (χ3n) is 3.31. The van der Waals surface area contributed by atoms with Crippen LogP contribution in [0.5, 0.6) is 0 Å². The highest BCUT2D eigenvalue weighted by molar-refractivity contribution is 9.10. The first-order valence-electron chi connectivity index (χ1n) is 6.27. The summed E-state index contributed by atoms with van der Waals surface area (Å²) >= 11 is 5.05. The van der Waals surface area contributed by atoms with Crippen LogP contribution in [0.4, 0.5) is 5.69 Å². The number of halogens is 1. The van der Waals surface area contributed by atoms with E-state index in [9.17, 15) is 9.90 Å². The maximum absolute atomic E-state index is 11.4. The van der Waals surface area contributed by atoms with E-state index in [0.29, 0.717) is 5.56 Å². The Morgan fingerprint density at radius 3 is 2.80 bits per heavy atom. The third-order valence-corrected chi connectivity index (χ3v) is 4.70. The number of hydrogen-bond acceptors (Lipinski definition) is 3. The monoisotopic (exact) mass is 353 g/mol. The molecule has 0 bridgehead atoms. The zero-order chi connectivity index (χ0) is 14.7. The van der Waals surface area contributed by atoms with Gasteiger partial charge in [0.25, 0.3) is 0 Å². The number of nitrogens with zero attached hydrogens (tertiary/aromatic N) is 1. The van der Waals surface area contributed by atoms with Crippen molar-refractivity contribution >= 4 is 38.9 Å². The molecule has 2 rings (SSSR count). The summed E-state index contributed by atoms with van der Waals surface area (Å²) in [5.74, 6) is -0.906. The second kappa shape index (κ2) is 6.41. The van der Waals surface area contributed by atoms with Gasteiger partial charge in [0.05, 0.1) is 11.3 Å². The van der Waals surface area contributed by atoms with Crippen molar-refractivity contribution < 1.29 is 9.90 Å². The van der Waals surface area contributed by atoms with Crippen LogP contribution in [0, 0.1) is 0 Å². The fraction of sp³-hybridized carbons (Fsp3) is 0.267. The minimum absolute atomic E-state index is 0.230. The van der Waals surface area contributed by atoms with Crippen molar-refractivity contribution in [2.24, 2.45) is 0 Å². The lowest BCUT2D eigenvalue weighted by Crippen LogP contribution is -2.31. The van der Waals surface area contributed by atoms with Gasteiger partial charge in [0.1, 0.15) is 0 Å². The molecular weight excluding hydrogens is 338 g/mol. The summed E-state index contributed by atoms with van der Waals surface area (Å²) in [5, 5.41) is 11.4. The molecule has 1 N–H and O–H groups in total. The molecule has 0 saturated carbocycles. The van der Waals surface area contributed by atoms with E-state index in [-0.39, 0.29) is 6.04 Å². The van der Waals surface area contributed by atoms with Gasteiger partial charge in [-0.25, -0.2) is 4.79 Å². The number of benzene rings is 1. The van der Waals surface area contributed by atoms with E-state index < -0.39 is 5.97 Å². The molecule has 1 unspecified atom stereocenters. The number of carboxylic acid groups (broad SMARTS) is 1. The number of hydrogen-bond donors (Lipinski definition) is 1. The van der Waals surface area contributed by atoms with Crippen molar-refractivity contribution in [3.8, 4) is 0 Å². The van der Waals surface area contributed by atoms with E-state index in [2.05, 4.69) is 34.3 Å². The average Bonchev–Trinajstić information content (AvgIpc) is 2.90. The minimum Gasteiger partial charge on any atom is -0.478 e. The van der Waals surface area contributed by atoms with Crippen molar-refractivity contribution in [1.82, 2.24) is 0 Å². The van der Waals surface area contributed by atoms with E-state index in [0.717, 1.165) is 16.6 Å². The maximum Gasteiger partial charge on any atom is 0.337 e. The van der Waals surface area contributed by atoms with Gasteiger partial charge in [-0.3, -0.25) is 0 Å². The van der Waals surface area contributed by atoms with Gasteiger partial charge in [-0.05, 0) is 36.6 Å². The molecule has 3 nitrogen and oxygen atoms in total. The van der Waals surface area contributed by atoms with Crippen molar-refractivity contribution in [2.45, 2.75) is 19.4 Å². The molecule has 2 aromatic rings. The largest absolute Gasteiger partial charge is 0.478 e. The van der Waals surface area contributed by atoms with Crippen LogP contribution in [0.15, 0.2) is 40.2 Å².